The van der Waals surface area contributed by atoms with Gasteiger partial charge in [-0.25, -0.2) is 0 Å². The van der Waals surface area contributed by atoms with Crippen LogP contribution in [-0.2, 0) is 9.59 Å². The molecule has 1 aromatic carbocycles. The van der Waals surface area contributed by atoms with E-state index in [0.717, 1.165) is 18.4 Å². The molecule has 3 N–H and O–H groups in total. The van der Waals surface area contributed by atoms with Crippen LogP contribution in [0, 0.1) is 17.8 Å². The Bertz CT molecular complexity index is 798. The SMILES string of the molecule is CNC(=O)C(CC1CCC(C(=O)O)CC1)NC(=O)c1ccc(/C=C\C(C)C)c(Cl)c1. The predicted molar refractivity (Wildman–Crippen MR) is 118 cm³/mol. The van der Waals surface area contributed by atoms with E-state index in [1.165, 1.54) is 7.05 Å². The number of amides is 2. The molecule has 1 unspecified atom stereocenters. The summed E-state index contributed by atoms with van der Waals surface area (Å²) >= 11 is 6.32. The van der Waals surface area contributed by atoms with Crippen LogP contribution >= 0.6 is 11.6 Å². The number of benzene rings is 1. The molecule has 6 nitrogen and oxygen atoms in total. The molecule has 0 aromatic heterocycles. The zero-order valence-corrected chi connectivity index (χ0v) is 18.5. The fourth-order valence-corrected chi connectivity index (χ4v) is 3.97. The van der Waals surface area contributed by atoms with E-state index in [-0.39, 0.29) is 23.7 Å². The minimum atomic E-state index is -0.756. The Labute approximate surface area is 183 Å². The summed E-state index contributed by atoms with van der Waals surface area (Å²) in [5, 5.41) is 15.0. The average molecular weight is 435 g/mol. The number of hydrogen-bond acceptors (Lipinski definition) is 3. The summed E-state index contributed by atoms with van der Waals surface area (Å²) in [6, 6.07) is 4.42. The number of halogens is 1. The van der Waals surface area contributed by atoms with Crippen LogP contribution in [0.4, 0.5) is 0 Å². The third kappa shape index (κ3) is 6.87. The van der Waals surface area contributed by atoms with E-state index in [1.807, 2.05) is 12.2 Å². The highest BCUT2D eigenvalue weighted by molar-refractivity contribution is 6.32. The highest BCUT2D eigenvalue weighted by atomic mass is 35.5. The van der Waals surface area contributed by atoms with Crippen molar-refractivity contribution >= 4 is 35.5 Å². The smallest absolute Gasteiger partial charge is 0.306 e. The van der Waals surface area contributed by atoms with E-state index in [2.05, 4.69) is 24.5 Å². The minimum absolute atomic E-state index is 0.204. The molecule has 0 bridgehead atoms. The number of hydrogen-bond donors (Lipinski definition) is 3. The van der Waals surface area contributed by atoms with Crippen LogP contribution < -0.4 is 10.6 Å². The number of carbonyl (C=O) groups is 3. The minimum Gasteiger partial charge on any atom is -0.481 e. The lowest BCUT2D eigenvalue weighted by atomic mass is 9.79. The molecule has 1 aliphatic rings. The lowest BCUT2D eigenvalue weighted by molar-refractivity contribution is -0.143. The molecule has 1 saturated carbocycles. The van der Waals surface area contributed by atoms with Gasteiger partial charge in [-0.15, -0.1) is 0 Å². The summed E-state index contributed by atoms with van der Waals surface area (Å²) in [6.45, 7) is 4.14. The van der Waals surface area contributed by atoms with Crippen LogP contribution in [0.2, 0.25) is 5.02 Å². The lowest BCUT2D eigenvalue weighted by Crippen LogP contribution is -2.47. The highest BCUT2D eigenvalue weighted by Gasteiger charge is 2.30. The molecule has 2 amide bonds. The zero-order chi connectivity index (χ0) is 22.3. The van der Waals surface area contributed by atoms with Gasteiger partial charge in [0.2, 0.25) is 5.91 Å². The van der Waals surface area contributed by atoms with Crippen LogP contribution in [0.1, 0.15) is 61.9 Å². The van der Waals surface area contributed by atoms with Gasteiger partial charge in [-0.3, -0.25) is 14.4 Å². The zero-order valence-electron chi connectivity index (χ0n) is 17.8. The second kappa shape index (κ2) is 11.2. The van der Waals surface area contributed by atoms with E-state index in [1.54, 1.807) is 18.2 Å². The maximum absolute atomic E-state index is 12.7. The van der Waals surface area contributed by atoms with E-state index in [0.29, 0.717) is 35.8 Å². The molecule has 0 aliphatic heterocycles. The quantitative estimate of drug-likeness (QED) is 0.573. The molecular formula is C23H31ClN2O4. The normalized spacial score (nSPS) is 20.2. The van der Waals surface area contributed by atoms with Gasteiger partial charge in [0, 0.05) is 17.6 Å². The Morgan fingerprint density at radius 2 is 1.87 bits per heavy atom. The first-order chi connectivity index (χ1) is 14.2. The van der Waals surface area contributed by atoms with Crippen LogP contribution in [0.3, 0.4) is 0 Å². The van der Waals surface area contributed by atoms with Gasteiger partial charge >= 0.3 is 5.97 Å². The van der Waals surface area contributed by atoms with Crippen molar-refractivity contribution < 1.29 is 19.5 Å². The maximum Gasteiger partial charge on any atom is 0.306 e. The molecule has 2 rings (SSSR count). The van der Waals surface area contributed by atoms with Gasteiger partial charge < -0.3 is 15.7 Å². The van der Waals surface area contributed by atoms with Crippen molar-refractivity contribution in [1.29, 1.82) is 0 Å². The van der Waals surface area contributed by atoms with E-state index in [9.17, 15) is 14.4 Å². The molecule has 1 fully saturated rings. The molecular weight excluding hydrogens is 404 g/mol. The molecule has 164 valence electrons. The summed E-state index contributed by atoms with van der Waals surface area (Å²) in [6.07, 6.45) is 7.13. The summed E-state index contributed by atoms with van der Waals surface area (Å²) in [7, 11) is 1.54. The fourth-order valence-electron chi connectivity index (χ4n) is 3.73. The molecule has 1 aliphatic carbocycles. The summed E-state index contributed by atoms with van der Waals surface area (Å²) in [4.78, 5) is 36.2. The molecule has 1 atom stereocenters. The molecule has 0 radical (unpaired) electrons. The topological polar surface area (TPSA) is 95.5 Å². The number of rotatable bonds is 8. The number of aliphatic carboxylic acids is 1. The lowest BCUT2D eigenvalue weighted by Gasteiger charge is -2.29. The second-order valence-electron chi connectivity index (χ2n) is 8.27. The van der Waals surface area contributed by atoms with Crippen molar-refractivity contribution in [1.82, 2.24) is 10.6 Å². The van der Waals surface area contributed by atoms with Gasteiger partial charge in [-0.05, 0) is 61.6 Å². The Morgan fingerprint density at radius 3 is 2.40 bits per heavy atom. The molecule has 0 heterocycles. The van der Waals surface area contributed by atoms with Crippen LogP contribution in [0.5, 0.6) is 0 Å². The molecule has 0 spiro atoms. The van der Waals surface area contributed by atoms with Crippen molar-refractivity contribution in [3.63, 3.8) is 0 Å². The Kier molecular flexibility index (Phi) is 8.90. The van der Waals surface area contributed by atoms with Crippen molar-refractivity contribution in [3.8, 4) is 0 Å². The molecule has 0 saturated heterocycles. The summed E-state index contributed by atoms with van der Waals surface area (Å²) in [5.41, 5.74) is 1.23. The number of nitrogens with one attached hydrogen (secondary N) is 2. The first kappa shape index (κ1) is 23.9. The monoisotopic (exact) mass is 434 g/mol. The van der Waals surface area contributed by atoms with Gasteiger partial charge in [0.15, 0.2) is 0 Å². The average Bonchev–Trinajstić information content (AvgIpc) is 2.71. The van der Waals surface area contributed by atoms with Crippen LogP contribution in [0.15, 0.2) is 24.3 Å². The van der Waals surface area contributed by atoms with Gasteiger partial charge in [0.25, 0.3) is 5.91 Å². The van der Waals surface area contributed by atoms with Crippen LogP contribution in [-0.4, -0.2) is 36.0 Å². The number of allylic oxidation sites excluding steroid dienone is 1. The largest absolute Gasteiger partial charge is 0.481 e. The standard InChI is InChI=1S/C23H31ClN2O4/c1-14(2)4-7-16-10-11-18(13-19(16)24)21(27)26-20(22(28)25-3)12-15-5-8-17(9-6-15)23(29)30/h4,7,10-11,13-15,17,20H,5-6,8-9,12H2,1-3H3,(H,25,28)(H,26,27)(H,29,30)/b7-4-. The number of carbonyl (C=O) groups excluding carboxylic acids is 2. The maximum atomic E-state index is 12.7. The highest BCUT2D eigenvalue weighted by Crippen LogP contribution is 2.32. The van der Waals surface area contributed by atoms with E-state index >= 15 is 0 Å². The first-order valence-corrected chi connectivity index (χ1v) is 10.8. The molecule has 1 aromatic rings. The molecule has 7 heteroatoms. The van der Waals surface area contributed by atoms with Crippen molar-refractivity contribution in [2.45, 2.75) is 52.0 Å². The van der Waals surface area contributed by atoms with Crippen LogP contribution in [0.25, 0.3) is 6.08 Å². The van der Waals surface area contributed by atoms with Gasteiger partial charge in [0.1, 0.15) is 6.04 Å². The van der Waals surface area contributed by atoms with E-state index < -0.39 is 12.0 Å². The summed E-state index contributed by atoms with van der Waals surface area (Å²) in [5.74, 6) is -1.08. The number of likely N-dealkylation sites (N-methyl/N-ethyl adjacent to an activating group) is 1. The molecule has 30 heavy (non-hydrogen) atoms. The Morgan fingerprint density at radius 1 is 1.20 bits per heavy atom. The third-order valence-corrected chi connectivity index (χ3v) is 5.88. The van der Waals surface area contributed by atoms with Crippen molar-refractivity contribution in [2.75, 3.05) is 7.05 Å². The number of carboxylic acids is 1. The summed E-state index contributed by atoms with van der Waals surface area (Å²) < 4.78 is 0. The third-order valence-electron chi connectivity index (χ3n) is 5.56. The second-order valence-corrected chi connectivity index (χ2v) is 8.68. The Balaban J connectivity index is 2.04. The van der Waals surface area contributed by atoms with Gasteiger partial charge in [-0.2, -0.15) is 0 Å². The van der Waals surface area contributed by atoms with Crippen molar-refractivity contribution in [2.24, 2.45) is 17.8 Å². The first-order valence-electron chi connectivity index (χ1n) is 10.4. The van der Waals surface area contributed by atoms with E-state index in [4.69, 9.17) is 16.7 Å². The fraction of sp³-hybridized carbons (Fsp3) is 0.522. The predicted octanol–water partition coefficient (Wildman–Crippen LogP) is 4.13. The van der Waals surface area contributed by atoms with Gasteiger partial charge in [-0.1, -0.05) is 43.7 Å². The number of carboxylic acid groups (broad SMARTS) is 1. The van der Waals surface area contributed by atoms with Gasteiger partial charge in [0.05, 0.1) is 5.92 Å². The Hall–Kier alpha value is -2.34. The van der Waals surface area contributed by atoms with Crippen molar-refractivity contribution in [3.05, 3.63) is 40.4 Å².